The van der Waals surface area contributed by atoms with Crippen molar-refractivity contribution < 1.29 is 19.0 Å². The van der Waals surface area contributed by atoms with Crippen LogP contribution in [0.5, 0.6) is 0 Å². The van der Waals surface area contributed by atoms with Crippen LogP contribution in [-0.2, 0) is 19.0 Å². The molecule has 2 rings (SSSR count). The smallest absolute Gasteiger partial charge is 0.312 e. The lowest BCUT2D eigenvalue weighted by atomic mass is 9.69. The first-order chi connectivity index (χ1) is 6.79. The van der Waals surface area contributed by atoms with Gasteiger partial charge in [-0.15, -0.1) is 0 Å². The van der Waals surface area contributed by atoms with Crippen molar-refractivity contribution in [2.75, 3.05) is 33.5 Å². The molecule has 80 valence electrons. The Kier molecular flexibility index (Phi) is 2.74. The number of esters is 1. The van der Waals surface area contributed by atoms with Crippen molar-refractivity contribution in [2.24, 2.45) is 11.3 Å². The highest BCUT2D eigenvalue weighted by molar-refractivity contribution is 5.77. The van der Waals surface area contributed by atoms with Gasteiger partial charge in [0.2, 0.25) is 0 Å². The Labute approximate surface area is 83.5 Å². The van der Waals surface area contributed by atoms with Crippen LogP contribution in [0, 0.1) is 11.3 Å². The Balaban J connectivity index is 2.13. The van der Waals surface area contributed by atoms with Crippen LogP contribution in [0.4, 0.5) is 0 Å². The van der Waals surface area contributed by atoms with Crippen molar-refractivity contribution in [3.05, 3.63) is 0 Å². The van der Waals surface area contributed by atoms with E-state index < -0.39 is 0 Å². The third-order valence-corrected chi connectivity index (χ3v) is 3.40. The SMILES string of the molecule is COC(=O)C1(C2COC2)CCOCC1. The fraction of sp³-hybridized carbons (Fsp3) is 0.900. The Morgan fingerprint density at radius 3 is 2.36 bits per heavy atom. The molecular formula is C10H16O4. The summed E-state index contributed by atoms with van der Waals surface area (Å²) in [5.74, 6) is 0.243. The topological polar surface area (TPSA) is 44.8 Å². The standard InChI is InChI=1S/C10H16O4/c1-12-9(11)10(8-6-14-7-8)2-4-13-5-3-10/h8H,2-7H2,1H3. The lowest BCUT2D eigenvalue weighted by molar-refractivity contribution is -0.183. The number of rotatable bonds is 2. The molecule has 0 atom stereocenters. The van der Waals surface area contributed by atoms with Gasteiger partial charge in [0.15, 0.2) is 0 Å². The number of carbonyl (C=O) groups is 1. The zero-order chi connectivity index (χ0) is 10.0. The maximum absolute atomic E-state index is 11.8. The average Bonchev–Trinajstić information content (AvgIpc) is 2.15. The largest absolute Gasteiger partial charge is 0.469 e. The summed E-state index contributed by atoms with van der Waals surface area (Å²) in [6.07, 6.45) is 1.54. The third kappa shape index (κ3) is 1.42. The second kappa shape index (κ2) is 3.87. The number of hydrogen-bond donors (Lipinski definition) is 0. The first-order valence-electron chi connectivity index (χ1n) is 5.03. The molecular weight excluding hydrogens is 184 g/mol. The highest BCUT2D eigenvalue weighted by atomic mass is 16.5. The molecule has 0 aromatic heterocycles. The first kappa shape index (κ1) is 9.93. The molecule has 2 saturated heterocycles. The van der Waals surface area contributed by atoms with Crippen molar-refractivity contribution >= 4 is 5.97 Å². The van der Waals surface area contributed by atoms with Crippen LogP contribution in [0.1, 0.15) is 12.8 Å². The predicted molar refractivity (Wildman–Crippen MR) is 48.8 cm³/mol. The summed E-state index contributed by atoms with van der Waals surface area (Å²) in [5.41, 5.74) is -0.328. The molecule has 0 saturated carbocycles. The summed E-state index contributed by atoms with van der Waals surface area (Å²) in [4.78, 5) is 11.8. The Morgan fingerprint density at radius 1 is 1.29 bits per heavy atom. The van der Waals surface area contributed by atoms with Crippen molar-refractivity contribution in [1.29, 1.82) is 0 Å². The molecule has 2 fully saturated rings. The van der Waals surface area contributed by atoms with E-state index in [9.17, 15) is 4.79 Å². The van der Waals surface area contributed by atoms with Crippen LogP contribution < -0.4 is 0 Å². The molecule has 4 nitrogen and oxygen atoms in total. The Hall–Kier alpha value is -0.610. The predicted octanol–water partition coefficient (Wildman–Crippen LogP) is 0.603. The molecule has 0 aliphatic carbocycles. The summed E-state index contributed by atoms with van der Waals surface area (Å²) in [6.45, 7) is 2.70. The van der Waals surface area contributed by atoms with Crippen LogP contribution in [0.15, 0.2) is 0 Å². The van der Waals surface area contributed by atoms with Gasteiger partial charge in [-0.3, -0.25) is 4.79 Å². The number of hydrogen-bond acceptors (Lipinski definition) is 4. The fourth-order valence-corrected chi connectivity index (χ4v) is 2.27. The van der Waals surface area contributed by atoms with Gasteiger partial charge in [-0.1, -0.05) is 0 Å². The van der Waals surface area contributed by atoms with Gasteiger partial charge in [0.25, 0.3) is 0 Å². The number of methoxy groups -OCH3 is 1. The summed E-state index contributed by atoms with van der Waals surface area (Å²) >= 11 is 0. The van der Waals surface area contributed by atoms with Crippen molar-refractivity contribution in [2.45, 2.75) is 12.8 Å². The third-order valence-electron chi connectivity index (χ3n) is 3.40. The molecule has 0 unspecified atom stereocenters. The summed E-state index contributed by atoms with van der Waals surface area (Å²) in [6, 6.07) is 0. The van der Waals surface area contributed by atoms with E-state index in [2.05, 4.69) is 0 Å². The molecule has 14 heavy (non-hydrogen) atoms. The highest BCUT2D eigenvalue weighted by Gasteiger charge is 2.50. The molecule has 0 N–H and O–H groups in total. The molecule has 0 bridgehead atoms. The Bertz CT molecular complexity index is 216. The van der Waals surface area contributed by atoms with Crippen LogP contribution in [0.25, 0.3) is 0 Å². The maximum Gasteiger partial charge on any atom is 0.312 e. The number of carbonyl (C=O) groups excluding carboxylic acids is 1. The lowest BCUT2D eigenvalue weighted by Gasteiger charge is -2.44. The monoisotopic (exact) mass is 200 g/mol. The van der Waals surface area contributed by atoms with Gasteiger partial charge in [0.05, 0.1) is 25.7 Å². The minimum absolute atomic E-state index is 0.0888. The van der Waals surface area contributed by atoms with E-state index in [1.54, 1.807) is 0 Å². The average molecular weight is 200 g/mol. The molecule has 0 spiro atoms. The summed E-state index contributed by atoms with van der Waals surface area (Å²) < 4.78 is 15.3. The van der Waals surface area contributed by atoms with Gasteiger partial charge >= 0.3 is 5.97 Å². The van der Waals surface area contributed by atoms with Crippen molar-refractivity contribution in [1.82, 2.24) is 0 Å². The number of ether oxygens (including phenoxy) is 3. The molecule has 0 amide bonds. The second-order valence-electron chi connectivity index (χ2n) is 3.99. The van der Waals surface area contributed by atoms with Gasteiger partial charge in [0.1, 0.15) is 0 Å². The van der Waals surface area contributed by atoms with E-state index in [0.29, 0.717) is 32.3 Å². The van der Waals surface area contributed by atoms with E-state index >= 15 is 0 Å². The molecule has 2 heterocycles. The maximum atomic E-state index is 11.8. The second-order valence-corrected chi connectivity index (χ2v) is 3.99. The van der Waals surface area contributed by atoms with E-state index in [0.717, 1.165) is 12.8 Å². The van der Waals surface area contributed by atoms with Gasteiger partial charge in [0, 0.05) is 19.1 Å². The van der Waals surface area contributed by atoms with Gasteiger partial charge in [-0.05, 0) is 12.8 Å². The van der Waals surface area contributed by atoms with Crippen LogP contribution >= 0.6 is 0 Å². The quantitative estimate of drug-likeness (QED) is 0.612. The molecule has 0 radical (unpaired) electrons. The lowest BCUT2D eigenvalue weighted by Crippen LogP contribution is -2.51. The van der Waals surface area contributed by atoms with Gasteiger partial charge in [-0.2, -0.15) is 0 Å². The summed E-state index contributed by atoms with van der Waals surface area (Å²) in [5, 5.41) is 0. The minimum Gasteiger partial charge on any atom is -0.469 e. The van der Waals surface area contributed by atoms with E-state index in [1.807, 2.05) is 0 Å². The normalized spacial score (nSPS) is 26.6. The van der Waals surface area contributed by atoms with E-state index in [-0.39, 0.29) is 11.4 Å². The summed E-state index contributed by atoms with van der Waals surface area (Å²) in [7, 11) is 1.46. The first-order valence-corrected chi connectivity index (χ1v) is 5.03. The van der Waals surface area contributed by atoms with Crippen molar-refractivity contribution in [3.63, 3.8) is 0 Å². The minimum atomic E-state index is -0.328. The van der Waals surface area contributed by atoms with Gasteiger partial charge in [-0.25, -0.2) is 0 Å². The Morgan fingerprint density at radius 2 is 1.93 bits per heavy atom. The van der Waals surface area contributed by atoms with Crippen LogP contribution in [0.2, 0.25) is 0 Å². The zero-order valence-corrected chi connectivity index (χ0v) is 8.45. The highest BCUT2D eigenvalue weighted by Crippen LogP contribution is 2.42. The van der Waals surface area contributed by atoms with E-state index in [4.69, 9.17) is 14.2 Å². The molecule has 2 aliphatic heterocycles. The van der Waals surface area contributed by atoms with Crippen molar-refractivity contribution in [3.8, 4) is 0 Å². The fourth-order valence-electron chi connectivity index (χ4n) is 2.27. The molecule has 0 aromatic rings. The molecule has 2 aliphatic rings. The zero-order valence-electron chi connectivity index (χ0n) is 8.45. The van der Waals surface area contributed by atoms with Crippen LogP contribution in [-0.4, -0.2) is 39.5 Å². The van der Waals surface area contributed by atoms with Crippen LogP contribution in [0.3, 0.4) is 0 Å². The van der Waals surface area contributed by atoms with E-state index in [1.165, 1.54) is 7.11 Å². The molecule has 0 aromatic carbocycles. The molecule has 4 heteroatoms. The van der Waals surface area contributed by atoms with Gasteiger partial charge < -0.3 is 14.2 Å².